The number of alkyl halides is 1. The number of halogens is 1. The average Bonchev–Trinajstić information content (AvgIpc) is 2.66. The normalized spacial score (nSPS) is 12.2. The third-order valence-corrected chi connectivity index (χ3v) is 4.31. The molecule has 7 heteroatoms. The second-order valence-corrected chi connectivity index (χ2v) is 5.68. The van der Waals surface area contributed by atoms with E-state index in [1.54, 1.807) is 18.5 Å². The van der Waals surface area contributed by atoms with Crippen molar-refractivity contribution in [3.8, 4) is 0 Å². The summed E-state index contributed by atoms with van der Waals surface area (Å²) in [5, 5.41) is 0.0893. The van der Waals surface area contributed by atoms with Crippen molar-refractivity contribution < 1.29 is 8.42 Å². The van der Waals surface area contributed by atoms with Crippen LogP contribution in [0, 0.1) is 0 Å². The van der Waals surface area contributed by atoms with Gasteiger partial charge in [-0.1, -0.05) is 6.92 Å². The van der Waals surface area contributed by atoms with Gasteiger partial charge < -0.3 is 4.57 Å². The molecule has 0 saturated heterocycles. The highest BCUT2D eigenvalue weighted by atomic mass is 35.5. The van der Waals surface area contributed by atoms with Gasteiger partial charge in [0, 0.05) is 32.2 Å². The maximum absolute atomic E-state index is 12.1. The lowest BCUT2D eigenvalue weighted by Gasteiger charge is -2.18. The van der Waals surface area contributed by atoms with Gasteiger partial charge in [-0.15, -0.1) is 11.6 Å². The van der Waals surface area contributed by atoms with E-state index in [0.717, 1.165) is 0 Å². The van der Waals surface area contributed by atoms with Crippen LogP contribution >= 0.6 is 11.6 Å². The summed E-state index contributed by atoms with van der Waals surface area (Å²) in [6.07, 6.45) is 3.61. The fourth-order valence-electron chi connectivity index (χ4n) is 1.34. The summed E-state index contributed by atoms with van der Waals surface area (Å²) in [6.45, 7) is 2.66. The highest BCUT2D eigenvalue weighted by Gasteiger charge is 2.24. The fraction of sp³-hybridized carbons (Fsp3) is 0.667. The lowest BCUT2D eigenvalue weighted by atomic mass is 10.5. The van der Waals surface area contributed by atoms with Gasteiger partial charge in [-0.25, -0.2) is 13.4 Å². The molecule has 0 bridgehead atoms. The summed E-state index contributed by atoms with van der Waals surface area (Å²) >= 11 is 5.56. The Morgan fingerprint density at radius 1 is 1.56 bits per heavy atom. The van der Waals surface area contributed by atoms with Gasteiger partial charge in [0.2, 0.25) is 0 Å². The largest absolute Gasteiger partial charge is 0.339 e. The molecule has 0 aliphatic heterocycles. The quantitative estimate of drug-likeness (QED) is 0.723. The molecule has 0 aromatic carbocycles. The number of hydrogen-bond donors (Lipinski definition) is 0. The third kappa shape index (κ3) is 2.96. The molecule has 1 aromatic rings. The minimum absolute atomic E-state index is 0.0893. The summed E-state index contributed by atoms with van der Waals surface area (Å²) in [7, 11) is -1.72. The van der Waals surface area contributed by atoms with Crippen LogP contribution < -0.4 is 0 Å². The van der Waals surface area contributed by atoms with E-state index < -0.39 is 10.0 Å². The molecule has 0 N–H and O–H groups in total. The van der Waals surface area contributed by atoms with Gasteiger partial charge in [-0.2, -0.15) is 4.31 Å². The van der Waals surface area contributed by atoms with E-state index >= 15 is 0 Å². The molecule has 0 unspecified atom stereocenters. The molecular formula is C9H16ClN3O2S. The number of nitrogens with zero attached hydrogens (tertiary/aromatic N) is 3. The number of imidazole rings is 1. The molecule has 0 spiro atoms. The van der Waals surface area contributed by atoms with E-state index in [0.29, 0.717) is 25.4 Å². The maximum atomic E-state index is 12.1. The van der Waals surface area contributed by atoms with E-state index in [1.165, 1.54) is 16.8 Å². The Hall–Kier alpha value is -0.590. The Balaban J connectivity index is 2.90. The summed E-state index contributed by atoms with van der Waals surface area (Å²) in [6, 6.07) is 0. The molecule has 0 amide bonds. The second kappa shape index (κ2) is 5.65. The van der Waals surface area contributed by atoms with Crippen LogP contribution in [0.4, 0.5) is 0 Å². The zero-order valence-corrected chi connectivity index (χ0v) is 11.0. The number of aromatic nitrogens is 2. The van der Waals surface area contributed by atoms with Gasteiger partial charge in [-0.3, -0.25) is 0 Å². The fourth-order valence-corrected chi connectivity index (χ4v) is 2.91. The van der Waals surface area contributed by atoms with Crippen molar-refractivity contribution in [2.24, 2.45) is 7.05 Å². The average molecular weight is 266 g/mol. The van der Waals surface area contributed by atoms with E-state index in [-0.39, 0.29) is 5.03 Å². The molecule has 0 saturated carbocycles. The Bertz CT molecular complexity index is 430. The van der Waals surface area contributed by atoms with Gasteiger partial charge in [0.25, 0.3) is 10.0 Å². The first-order valence-corrected chi connectivity index (χ1v) is 7.04. The number of aryl methyl sites for hydroxylation is 1. The van der Waals surface area contributed by atoms with Crippen LogP contribution in [0.25, 0.3) is 0 Å². The summed E-state index contributed by atoms with van der Waals surface area (Å²) < 4.78 is 27.2. The lowest BCUT2D eigenvalue weighted by molar-refractivity contribution is 0.426. The van der Waals surface area contributed by atoms with Crippen molar-refractivity contribution in [1.29, 1.82) is 0 Å². The van der Waals surface area contributed by atoms with Gasteiger partial charge in [0.05, 0.1) is 6.33 Å². The second-order valence-electron chi connectivity index (χ2n) is 3.42. The topological polar surface area (TPSA) is 55.2 Å². The van der Waals surface area contributed by atoms with Crippen LogP contribution in [0.2, 0.25) is 0 Å². The Kier molecular flexibility index (Phi) is 4.76. The predicted molar refractivity (Wildman–Crippen MR) is 63.0 cm³/mol. The SMILES string of the molecule is CCN(CCCCl)S(=O)(=O)c1cn(C)cn1. The summed E-state index contributed by atoms with van der Waals surface area (Å²) in [5.41, 5.74) is 0. The molecule has 0 fully saturated rings. The standard InChI is InChI=1S/C9H16ClN3O2S/c1-3-13(6-4-5-10)16(14,15)9-7-12(2)8-11-9/h7-8H,3-6H2,1-2H3. The Morgan fingerprint density at radius 3 is 2.69 bits per heavy atom. The van der Waals surface area contributed by atoms with Gasteiger partial charge in [-0.05, 0) is 6.42 Å². The number of rotatable bonds is 6. The van der Waals surface area contributed by atoms with Crippen molar-refractivity contribution in [3.63, 3.8) is 0 Å². The van der Waals surface area contributed by atoms with Crippen molar-refractivity contribution >= 4 is 21.6 Å². The van der Waals surface area contributed by atoms with Crippen molar-refractivity contribution in [1.82, 2.24) is 13.9 Å². The molecule has 92 valence electrons. The van der Waals surface area contributed by atoms with Gasteiger partial charge in [0.1, 0.15) is 0 Å². The Labute approximate surface area is 101 Å². The van der Waals surface area contributed by atoms with Gasteiger partial charge in [0.15, 0.2) is 5.03 Å². The van der Waals surface area contributed by atoms with E-state index in [4.69, 9.17) is 11.6 Å². The highest BCUT2D eigenvalue weighted by molar-refractivity contribution is 7.89. The van der Waals surface area contributed by atoms with Crippen LogP contribution in [-0.2, 0) is 17.1 Å². The highest BCUT2D eigenvalue weighted by Crippen LogP contribution is 2.13. The first-order valence-electron chi connectivity index (χ1n) is 5.06. The maximum Gasteiger partial charge on any atom is 0.262 e. The molecule has 1 aromatic heterocycles. The molecule has 5 nitrogen and oxygen atoms in total. The predicted octanol–water partition coefficient (Wildman–Crippen LogP) is 1.06. The molecule has 0 aliphatic carbocycles. The van der Waals surface area contributed by atoms with Crippen molar-refractivity contribution in [2.75, 3.05) is 19.0 Å². The molecule has 1 rings (SSSR count). The van der Waals surface area contributed by atoms with Crippen molar-refractivity contribution in [2.45, 2.75) is 18.4 Å². The molecule has 16 heavy (non-hydrogen) atoms. The number of sulfonamides is 1. The summed E-state index contributed by atoms with van der Waals surface area (Å²) in [4.78, 5) is 3.86. The first kappa shape index (κ1) is 13.5. The molecular weight excluding hydrogens is 250 g/mol. The molecule has 0 atom stereocenters. The van der Waals surface area contributed by atoms with E-state index in [2.05, 4.69) is 4.98 Å². The van der Waals surface area contributed by atoms with E-state index in [9.17, 15) is 8.42 Å². The van der Waals surface area contributed by atoms with Crippen LogP contribution in [0.1, 0.15) is 13.3 Å². The minimum atomic E-state index is -3.46. The zero-order chi connectivity index (χ0) is 12.2. The van der Waals surface area contributed by atoms with Crippen LogP contribution in [-0.4, -0.2) is 41.2 Å². The van der Waals surface area contributed by atoms with E-state index in [1.807, 2.05) is 0 Å². The molecule has 0 aliphatic rings. The monoisotopic (exact) mass is 265 g/mol. The van der Waals surface area contributed by atoms with Gasteiger partial charge >= 0.3 is 0 Å². The molecule has 0 radical (unpaired) electrons. The minimum Gasteiger partial charge on any atom is -0.339 e. The summed E-state index contributed by atoms with van der Waals surface area (Å²) in [5.74, 6) is 0.453. The molecule has 1 heterocycles. The zero-order valence-electron chi connectivity index (χ0n) is 9.43. The van der Waals surface area contributed by atoms with Crippen LogP contribution in [0.5, 0.6) is 0 Å². The first-order chi connectivity index (χ1) is 7.52. The smallest absolute Gasteiger partial charge is 0.262 e. The Morgan fingerprint density at radius 2 is 2.25 bits per heavy atom. The van der Waals surface area contributed by atoms with Crippen LogP contribution in [0.15, 0.2) is 17.6 Å². The van der Waals surface area contributed by atoms with Crippen molar-refractivity contribution in [3.05, 3.63) is 12.5 Å². The third-order valence-electron chi connectivity index (χ3n) is 2.18. The van der Waals surface area contributed by atoms with Crippen LogP contribution in [0.3, 0.4) is 0 Å². The number of hydrogen-bond acceptors (Lipinski definition) is 3. The lowest BCUT2D eigenvalue weighted by Crippen LogP contribution is -2.32.